The average Bonchev–Trinajstić information content (AvgIpc) is 3.16. The number of hydrogen-bond acceptors (Lipinski definition) is 4. The third kappa shape index (κ3) is 3.53. The first-order valence-corrected chi connectivity index (χ1v) is 11.1. The first-order valence-electron chi connectivity index (χ1n) is 10.3. The number of halogens is 1. The standard InChI is InChI=1S/C24H27BrN2O4/c1-23(2,3)12-18-24(16-9-8-15(31-4)11-17(16)26-22(24)30)19(20(27-18)21(28)29)13-6-5-7-14(25)10-13/h5-11,18-20,27H,12H2,1-4H3,(H,26,30)(H,28,29). The molecule has 0 bridgehead atoms. The Bertz CT molecular complexity index is 1050. The number of aliphatic carboxylic acids is 1. The summed E-state index contributed by atoms with van der Waals surface area (Å²) in [7, 11) is 1.58. The summed E-state index contributed by atoms with van der Waals surface area (Å²) in [5, 5.41) is 16.5. The molecule has 0 radical (unpaired) electrons. The van der Waals surface area contributed by atoms with Crippen LogP contribution in [0.15, 0.2) is 46.9 Å². The van der Waals surface area contributed by atoms with Crippen LogP contribution in [0, 0.1) is 5.41 Å². The van der Waals surface area contributed by atoms with E-state index in [1.807, 2.05) is 42.5 Å². The van der Waals surface area contributed by atoms with Crippen LogP contribution in [-0.2, 0) is 15.0 Å². The number of anilines is 1. The molecule has 2 heterocycles. The van der Waals surface area contributed by atoms with Crippen LogP contribution in [0.5, 0.6) is 5.75 Å². The van der Waals surface area contributed by atoms with Gasteiger partial charge in [-0.15, -0.1) is 0 Å². The van der Waals surface area contributed by atoms with Crippen LogP contribution >= 0.6 is 15.9 Å². The van der Waals surface area contributed by atoms with E-state index in [9.17, 15) is 14.7 Å². The van der Waals surface area contributed by atoms with Crippen LogP contribution < -0.4 is 15.4 Å². The zero-order valence-electron chi connectivity index (χ0n) is 18.0. The molecule has 1 saturated heterocycles. The number of hydrogen-bond donors (Lipinski definition) is 3. The summed E-state index contributed by atoms with van der Waals surface area (Å²) in [6, 6.07) is 11.9. The summed E-state index contributed by atoms with van der Waals surface area (Å²) in [4.78, 5) is 26.2. The van der Waals surface area contributed by atoms with E-state index in [-0.39, 0.29) is 17.4 Å². The number of amides is 1. The molecule has 3 N–H and O–H groups in total. The van der Waals surface area contributed by atoms with Gasteiger partial charge in [0.2, 0.25) is 5.91 Å². The summed E-state index contributed by atoms with van der Waals surface area (Å²) in [5.74, 6) is -1.07. The molecule has 1 fully saturated rings. The Morgan fingerprint density at radius 1 is 1.23 bits per heavy atom. The number of carboxylic acid groups (broad SMARTS) is 1. The van der Waals surface area contributed by atoms with Gasteiger partial charge < -0.3 is 15.2 Å². The minimum atomic E-state index is -1.06. The fourth-order valence-corrected chi connectivity index (χ4v) is 5.66. The third-order valence-corrected chi connectivity index (χ3v) is 6.83. The second-order valence-corrected chi connectivity index (χ2v) is 10.5. The molecule has 4 rings (SSSR count). The van der Waals surface area contributed by atoms with Crippen molar-refractivity contribution in [1.82, 2.24) is 5.32 Å². The second kappa shape index (κ2) is 7.64. The molecule has 4 atom stereocenters. The lowest BCUT2D eigenvalue weighted by Crippen LogP contribution is -2.49. The maximum Gasteiger partial charge on any atom is 0.321 e. The normalized spacial score (nSPS) is 27.3. The predicted molar refractivity (Wildman–Crippen MR) is 123 cm³/mol. The monoisotopic (exact) mass is 486 g/mol. The number of nitrogens with one attached hydrogen (secondary N) is 2. The van der Waals surface area contributed by atoms with Crippen molar-refractivity contribution in [3.63, 3.8) is 0 Å². The number of benzene rings is 2. The quantitative estimate of drug-likeness (QED) is 0.599. The molecule has 2 aliphatic rings. The van der Waals surface area contributed by atoms with Crippen molar-refractivity contribution in [3.8, 4) is 5.75 Å². The molecular formula is C24H27BrN2O4. The summed E-state index contributed by atoms with van der Waals surface area (Å²) < 4.78 is 6.20. The molecule has 2 aromatic carbocycles. The number of fused-ring (bicyclic) bond motifs is 2. The van der Waals surface area contributed by atoms with Gasteiger partial charge in [0, 0.05) is 28.2 Å². The van der Waals surface area contributed by atoms with Crippen molar-refractivity contribution in [2.75, 3.05) is 12.4 Å². The topological polar surface area (TPSA) is 87.7 Å². The SMILES string of the molecule is COc1ccc2c(c1)NC(=O)C21C(CC(C)(C)C)NC(C(=O)O)C1c1cccc(Br)c1. The van der Waals surface area contributed by atoms with Crippen LogP contribution in [0.4, 0.5) is 5.69 Å². The third-order valence-electron chi connectivity index (χ3n) is 6.34. The molecule has 7 heteroatoms. The highest BCUT2D eigenvalue weighted by Gasteiger charge is 2.65. The van der Waals surface area contributed by atoms with Gasteiger partial charge in [-0.3, -0.25) is 14.9 Å². The van der Waals surface area contributed by atoms with Gasteiger partial charge in [0.15, 0.2) is 0 Å². The largest absolute Gasteiger partial charge is 0.497 e. The predicted octanol–water partition coefficient (Wildman–Crippen LogP) is 4.29. The van der Waals surface area contributed by atoms with Gasteiger partial charge in [0.1, 0.15) is 17.2 Å². The van der Waals surface area contributed by atoms with Crippen molar-refractivity contribution in [3.05, 3.63) is 58.1 Å². The van der Waals surface area contributed by atoms with E-state index in [0.29, 0.717) is 17.9 Å². The summed E-state index contributed by atoms with van der Waals surface area (Å²) in [6.07, 6.45) is 0.639. The molecule has 4 unspecified atom stereocenters. The van der Waals surface area contributed by atoms with Gasteiger partial charge in [0.25, 0.3) is 0 Å². The molecule has 6 nitrogen and oxygen atoms in total. The van der Waals surface area contributed by atoms with E-state index in [0.717, 1.165) is 15.6 Å². The van der Waals surface area contributed by atoms with E-state index in [2.05, 4.69) is 47.3 Å². The maximum atomic E-state index is 13.8. The Morgan fingerprint density at radius 2 is 1.97 bits per heavy atom. The number of carbonyl (C=O) groups is 2. The molecule has 164 valence electrons. The van der Waals surface area contributed by atoms with Crippen molar-refractivity contribution < 1.29 is 19.4 Å². The summed E-state index contributed by atoms with van der Waals surface area (Å²) in [5.41, 5.74) is 1.13. The van der Waals surface area contributed by atoms with Gasteiger partial charge in [-0.1, -0.05) is 54.9 Å². The Morgan fingerprint density at radius 3 is 2.58 bits per heavy atom. The Labute approximate surface area is 190 Å². The highest BCUT2D eigenvalue weighted by molar-refractivity contribution is 9.10. The number of carboxylic acids is 1. The molecule has 2 aliphatic heterocycles. The van der Waals surface area contributed by atoms with Crippen molar-refractivity contribution in [2.24, 2.45) is 5.41 Å². The van der Waals surface area contributed by atoms with E-state index in [1.165, 1.54) is 0 Å². The Hall–Kier alpha value is -2.38. The fraction of sp³-hybridized carbons (Fsp3) is 0.417. The molecule has 1 spiro atoms. The van der Waals surface area contributed by atoms with Gasteiger partial charge in [-0.05, 0) is 41.2 Å². The van der Waals surface area contributed by atoms with Gasteiger partial charge >= 0.3 is 5.97 Å². The Balaban J connectivity index is 1.99. The minimum absolute atomic E-state index is 0.116. The smallest absolute Gasteiger partial charge is 0.321 e. The number of rotatable bonds is 4. The van der Waals surface area contributed by atoms with Crippen LogP contribution in [0.1, 0.15) is 44.2 Å². The maximum absolute atomic E-state index is 13.8. The number of ether oxygens (including phenoxy) is 1. The highest BCUT2D eigenvalue weighted by Crippen LogP contribution is 2.56. The second-order valence-electron chi connectivity index (χ2n) is 9.57. The van der Waals surface area contributed by atoms with Gasteiger partial charge in [-0.2, -0.15) is 0 Å². The average molecular weight is 487 g/mol. The molecular weight excluding hydrogens is 460 g/mol. The first-order chi connectivity index (χ1) is 14.6. The van der Waals surface area contributed by atoms with Gasteiger partial charge in [-0.25, -0.2) is 0 Å². The van der Waals surface area contributed by atoms with Crippen LogP contribution in [-0.4, -0.2) is 36.2 Å². The molecule has 0 aromatic heterocycles. The molecule has 1 amide bonds. The molecule has 0 aliphatic carbocycles. The molecule has 0 saturated carbocycles. The van der Waals surface area contributed by atoms with Crippen molar-refractivity contribution >= 4 is 33.5 Å². The number of methoxy groups -OCH3 is 1. The highest BCUT2D eigenvalue weighted by atomic mass is 79.9. The fourth-order valence-electron chi connectivity index (χ4n) is 5.24. The van der Waals surface area contributed by atoms with Crippen LogP contribution in [0.3, 0.4) is 0 Å². The minimum Gasteiger partial charge on any atom is -0.497 e. The summed E-state index contributed by atoms with van der Waals surface area (Å²) >= 11 is 3.51. The lowest BCUT2D eigenvalue weighted by atomic mass is 9.62. The van der Waals surface area contributed by atoms with Gasteiger partial charge in [0.05, 0.1) is 7.11 Å². The number of carbonyl (C=O) groups excluding carboxylic acids is 1. The van der Waals surface area contributed by atoms with Crippen LogP contribution in [0.25, 0.3) is 0 Å². The lowest BCUT2D eigenvalue weighted by molar-refractivity contribution is -0.139. The zero-order chi connectivity index (χ0) is 22.6. The van der Waals surface area contributed by atoms with Crippen molar-refractivity contribution in [1.29, 1.82) is 0 Å². The van der Waals surface area contributed by atoms with Crippen LogP contribution in [0.2, 0.25) is 0 Å². The summed E-state index contributed by atoms with van der Waals surface area (Å²) in [6.45, 7) is 6.31. The van der Waals surface area contributed by atoms with E-state index in [4.69, 9.17) is 4.74 Å². The van der Waals surface area contributed by atoms with E-state index >= 15 is 0 Å². The van der Waals surface area contributed by atoms with Crippen molar-refractivity contribution in [2.45, 2.75) is 50.6 Å². The molecule has 31 heavy (non-hydrogen) atoms. The first kappa shape index (κ1) is 21.8. The Kier molecular flexibility index (Phi) is 5.38. The lowest BCUT2D eigenvalue weighted by Gasteiger charge is -2.37. The molecule has 2 aromatic rings. The van der Waals surface area contributed by atoms with E-state index < -0.39 is 23.3 Å². The zero-order valence-corrected chi connectivity index (χ0v) is 19.6. The van der Waals surface area contributed by atoms with E-state index in [1.54, 1.807) is 7.11 Å².